The number of phenolic OH excluding ortho intramolecular Hbond substituents is 1. The second-order valence-corrected chi connectivity index (χ2v) is 6.87. The normalized spacial score (nSPS) is 17.2. The molecule has 1 fully saturated rings. The lowest BCUT2D eigenvalue weighted by atomic mass is 10.0. The number of alkyl carbamates (subject to hydrolysis) is 1. The third-order valence-corrected chi connectivity index (χ3v) is 3.63. The highest BCUT2D eigenvalue weighted by Crippen LogP contribution is 2.17. The number of amides is 1. The number of nitrogens with one attached hydrogen (secondary N) is 1. The summed E-state index contributed by atoms with van der Waals surface area (Å²) in [6.45, 7) is 8.28. The van der Waals surface area contributed by atoms with E-state index in [0.29, 0.717) is 5.75 Å². The number of carbonyl (C=O) groups is 1. The number of carbonyl (C=O) groups excluding carboxylic acids is 1. The molecule has 1 aliphatic rings. The van der Waals surface area contributed by atoms with Crippen LogP contribution in [0.3, 0.4) is 0 Å². The average molecular weight is 306 g/mol. The van der Waals surface area contributed by atoms with E-state index in [1.54, 1.807) is 12.1 Å². The first-order valence-corrected chi connectivity index (χ1v) is 7.81. The maximum atomic E-state index is 11.8. The molecule has 1 aliphatic heterocycles. The van der Waals surface area contributed by atoms with E-state index in [4.69, 9.17) is 4.74 Å². The highest BCUT2D eigenvalue weighted by Gasteiger charge is 2.23. The van der Waals surface area contributed by atoms with Crippen LogP contribution in [0.5, 0.6) is 5.75 Å². The number of aromatic hydroxyl groups is 1. The number of hydrogen-bond acceptors (Lipinski definition) is 4. The monoisotopic (exact) mass is 306 g/mol. The zero-order valence-corrected chi connectivity index (χ0v) is 13.6. The van der Waals surface area contributed by atoms with Gasteiger partial charge in [-0.1, -0.05) is 12.1 Å². The van der Waals surface area contributed by atoms with Gasteiger partial charge in [0.1, 0.15) is 11.4 Å². The lowest BCUT2D eigenvalue weighted by Crippen LogP contribution is -2.45. The summed E-state index contributed by atoms with van der Waals surface area (Å²) in [6.07, 6.45) is 1.50. The van der Waals surface area contributed by atoms with Crippen LogP contribution in [0.1, 0.15) is 39.2 Å². The van der Waals surface area contributed by atoms with Crippen molar-refractivity contribution in [2.45, 2.75) is 51.8 Å². The van der Waals surface area contributed by atoms with Crippen LogP contribution in [0.15, 0.2) is 24.3 Å². The van der Waals surface area contributed by atoms with Crippen LogP contribution in [-0.4, -0.2) is 40.8 Å². The molecule has 0 saturated carbocycles. The molecule has 0 spiro atoms. The number of rotatable bonds is 3. The van der Waals surface area contributed by atoms with Gasteiger partial charge in [-0.25, -0.2) is 4.79 Å². The van der Waals surface area contributed by atoms with Gasteiger partial charge in [0.15, 0.2) is 0 Å². The fraction of sp³-hybridized carbons (Fsp3) is 0.588. The Morgan fingerprint density at radius 3 is 2.64 bits per heavy atom. The Kier molecular flexibility index (Phi) is 5.29. The molecular formula is C17H26N2O3. The Labute approximate surface area is 132 Å². The molecule has 1 saturated heterocycles. The highest BCUT2D eigenvalue weighted by molar-refractivity contribution is 5.68. The van der Waals surface area contributed by atoms with Gasteiger partial charge < -0.3 is 15.2 Å². The van der Waals surface area contributed by atoms with Crippen LogP contribution in [0, 0.1) is 0 Å². The first-order chi connectivity index (χ1) is 10.3. The minimum absolute atomic E-state index is 0.176. The zero-order valence-electron chi connectivity index (χ0n) is 13.6. The molecule has 0 unspecified atom stereocenters. The van der Waals surface area contributed by atoms with Crippen molar-refractivity contribution in [3.8, 4) is 5.75 Å². The van der Waals surface area contributed by atoms with E-state index in [-0.39, 0.29) is 12.1 Å². The van der Waals surface area contributed by atoms with Gasteiger partial charge in [0.2, 0.25) is 0 Å². The summed E-state index contributed by atoms with van der Waals surface area (Å²) in [5.41, 5.74) is 0.652. The molecule has 2 N–H and O–H groups in total. The molecule has 22 heavy (non-hydrogen) atoms. The second kappa shape index (κ2) is 7.01. The molecular weight excluding hydrogens is 280 g/mol. The summed E-state index contributed by atoms with van der Waals surface area (Å²) >= 11 is 0. The molecule has 0 bridgehead atoms. The van der Waals surface area contributed by atoms with E-state index in [1.807, 2.05) is 32.9 Å². The fourth-order valence-electron chi connectivity index (χ4n) is 2.62. The first kappa shape index (κ1) is 16.6. The van der Waals surface area contributed by atoms with Crippen LogP contribution in [0.2, 0.25) is 0 Å². The van der Waals surface area contributed by atoms with Gasteiger partial charge in [0, 0.05) is 25.7 Å². The van der Waals surface area contributed by atoms with Crippen molar-refractivity contribution in [1.82, 2.24) is 10.2 Å². The van der Waals surface area contributed by atoms with Gasteiger partial charge >= 0.3 is 6.09 Å². The molecule has 0 radical (unpaired) electrons. The summed E-state index contributed by atoms with van der Waals surface area (Å²) in [5, 5.41) is 12.4. The van der Waals surface area contributed by atoms with Gasteiger partial charge in [-0.3, -0.25) is 4.90 Å². The molecule has 1 aromatic rings. The molecule has 0 aromatic heterocycles. The number of hydrogen-bond donors (Lipinski definition) is 2. The minimum atomic E-state index is -0.458. The van der Waals surface area contributed by atoms with Gasteiger partial charge in [-0.15, -0.1) is 0 Å². The number of likely N-dealkylation sites (tertiary alicyclic amines) is 1. The summed E-state index contributed by atoms with van der Waals surface area (Å²) in [7, 11) is 0. The number of piperidine rings is 1. The lowest BCUT2D eigenvalue weighted by molar-refractivity contribution is 0.0477. The SMILES string of the molecule is CC(C)(C)OC(=O)NC1CCN(Cc2cccc(O)c2)CC1. The Bertz CT molecular complexity index is 503. The van der Waals surface area contributed by atoms with E-state index in [0.717, 1.165) is 38.0 Å². The van der Waals surface area contributed by atoms with Crippen molar-refractivity contribution < 1.29 is 14.6 Å². The molecule has 2 rings (SSSR count). The topological polar surface area (TPSA) is 61.8 Å². The number of phenols is 1. The van der Waals surface area contributed by atoms with Crippen molar-refractivity contribution in [2.75, 3.05) is 13.1 Å². The molecule has 0 atom stereocenters. The molecule has 5 heteroatoms. The highest BCUT2D eigenvalue weighted by atomic mass is 16.6. The van der Waals surface area contributed by atoms with E-state index in [1.165, 1.54) is 0 Å². The fourth-order valence-corrected chi connectivity index (χ4v) is 2.62. The van der Waals surface area contributed by atoms with Crippen LogP contribution in [-0.2, 0) is 11.3 Å². The summed E-state index contributed by atoms with van der Waals surface area (Å²) < 4.78 is 5.28. The first-order valence-electron chi connectivity index (χ1n) is 7.81. The number of benzene rings is 1. The third-order valence-electron chi connectivity index (χ3n) is 3.63. The molecule has 122 valence electrons. The summed E-state index contributed by atoms with van der Waals surface area (Å²) in [4.78, 5) is 14.1. The molecule has 0 aliphatic carbocycles. The van der Waals surface area contributed by atoms with Gasteiger partial charge in [-0.05, 0) is 51.3 Å². The Morgan fingerprint density at radius 1 is 1.36 bits per heavy atom. The van der Waals surface area contributed by atoms with Crippen LogP contribution in [0.4, 0.5) is 4.79 Å². The standard InChI is InChI=1S/C17H26N2O3/c1-17(2,3)22-16(21)18-14-7-9-19(10-8-14)12-13-5-4-6-15(20)11-13/h4-6,11,14,20H,7-10,12H2,1-3H3,(H,18,21). The summed E-state index contributed by atoms with van der Waals surface area (Å²) in [6, 6.07) is 7.54. The van der Waals surface area contributed by atoms with Gasteiger partial charge in [-0.2, -0.15) is 0 Å². The van der Waals surface area contributed by atoms with Crippen molar-refractivity contribution in [2.24, 2.45) is 0 Å². The average Bonchev–Trinajstić information content (AvgIpc) is 2.39. The number of ether oxygens (including phenoxy) is 1. The Hall–Kier alpha value is -1.75. The Morgan fingerprint density at radius 2 is 2.05 bits per heavy atom. The smallest absolute Gasteiger partial charge is 0.407 e. The van der Waals surface area contributed by atoms with E-state index < -0.39 is 5.60 Å². The molecule has 1 amide bonds. The third kappa shape index (κ3) is 5.56. The quantitative estimate of drug-likeness (QED) is 0.901. The minimum Gasteiger partial charge on any atom is -0.508 e. The van der Waals surface area contributed by atoms with Crippen molar-refractivity contribution in [3.63, 3.8) is 0 Å². The molecule has 1 heterocycles. The van der Waals surface area contributed by atoms with E-state index in [2.05, 4.69) is 10.2 Å². The maximum absolute atomic E-state index is 11.8. The van der Waals surface area contributed by atoms with Gasteiger partial charge in [0.05, 0.1) is 0 Å². The van der Waals surface area contributed by atoms with Crippen molar-refractivity contribution >= 4 is 6.09 Å². The largest absolute Gasteiger partial charge is 0.508 e. The van der Waals surface area contributed by atoms with Crippen LogP contribution >= 0.6 is 0 Å². The van der Waals surface area contributed by atoms with Crippen LogP contribution < -0.4 is 5.32 Å². The van der Waals surface area contributed by atoms with E-state index >= 15 is 0 Å². The Balaban J connectivity index is 1.75. The maximum Gasteiger partial charge on any atom is 0.407 e. The van der Waals surface area contributed by atoms with Crippen molar-refractivity contribution in [3.05, 3.63) is 29.8 Å². The molecule has 5 nitrogen and oxygen atoms in total. The van der Waals surface area contributed by atoms with Crippen molar-refractivity contribution in [1.29, 1.82) is 0 Å². The summed E-state index contributed by atoms with van der Waals surface area (Å²) in [5.74, 6) is 0.305. The second-order valence-electron chi connectivity index (χ2n) is 6.87. The predicted octanol–water partition coefficient (Wildman–Crippen LogP) is 2.88. The number of nitrogens with zero attached hydrogens (tertiary/aromatic N) is 1. The lowest BCUT2D eigenvalue weighted by Gasteiger charge is -2.32. The molecule has 1 aromatic carbocycles. The van der Waals surface area contributed by atoms with Gasteiger partial charge in [0.25, 0.3) is 0 Å². The van der Waals surface area contributed by atoms with E-state index in [9.17, 15) is 9.90 Å². The predicted molar refractivity (Wildman–Crippen MR) is 85.8 cm³/mol. The van der Waals surface area contributed by atoms with Crippen LogP contribution in [0.25, 0.3) is 0 Å². The zero-order chi connectivity index (χ0) is 16.2.